The van der Waals surface area contributed by atoms with Gasteiger partial charge in [-0.25, -0.2) is 4.39 Å². The summed E-state index contributed by atoms with van der Waals surface area (Å²) < 4.78 is 13.2. The normalized spacial score (nSPS) is 21.2. The van der Waals surface area contributed by atoms with Gasteiger partial charge >= 0.3 is 0 Å². The summed E-state index contributed by atoms with van der Waals surface area (Å²) in [5, 5.41) is 4.79. The van der Waals surface area contributed by atoms with Gasteiger partial charge in [-0.1, -0.05) is 12.1 Å². The molecular weight excluding hydrogens is 263 g/mol. The zero-order valence-corrected chi connectivity index (χ0v) is 11.6. The number of fused-ring (bicyclic) bond motifs is 1. The Bertz CT molecular complexity index is 771. The summed E-state index contributed by atoms with van der Waals surface area (Å²) >= 11 is 0. The van der Waals surface area contributed by atoms with Gasteiger partial charge in [-0.2, -0.15) is 0 Å². The Hall–Kier alpha value is -2.29. The van der Waals surface area contributed by atoms with Gasteiger partial charge in [0.15, 0.2) is 0 Å². The van der Waals surface area contributed by atoms with Crippen LogP contribution in [0.2, 0.25) is 0 Å². The number of benzene rings is 2. The van der Waals surface area contributed by atoms with Crippen molar-refractivity contribution in [2.75, 3.05) is 5.32 Å². The van der Waals surface area contributed by atoms with Gasteiger partial charge in [0.1, 0.15) is 5.82 Å². The van der Waals surface area contributed by atoms with Crippen molar-refractivity contribution >= 4 is 16.6 Å². The molecule has 2 aromatic carbocycles. The summed E-state index contributed by atoms with van der Waals surface area (Å²) in [6, 6.07) is 15.9. The van der Waals surface area contributed by atoms with Crippen molar-refractivity contribution in [1.29, 1.82) is 0 Å². The smallest absolute Gasteiger partial charge is 0.123 e. The number of rotatable bonds is 3. The van der Waals surface area contributed by atoms with Crippen LogP contribution in [0.1, 0.15) is 24.3 Å². The molecule has 0 atom stereocenters. The molecule has 0 aliphatic heterocycles. The van der Waals surface area contributed by atoms with Crippen molar-refractivity contribution in [2.24, 2.45) is 0 Å². The molecule has 106 valence electrons. The zero-order chi connectivity index (χ0) is 14.2. The van der Waals surface area contributed by atoms with Crippen LogP contribution in [0.5, 0.6) is 0 Å². The maximum Gasteiger partial charge on any atom is 0.123 e. The first-order chi connectivity index (χ1) is 10.3. The molecule has 2 N–H and O–H groups in total. The fourth-order valence-corrected chi connectivity index (χ4v) is 3.15. The number of aromatic nitrogens is 1. The molecule has 1 fully saturated rings. The fourth-order valence-electron chi connectivity index (χ4n) is 3.15. The minimum atomic E-state index is -0.137. The van der Waals surface area contributed by atoms with E-state index in [0.29, 0.717) is 12.0 Å². The van der Waals surface area contributed by atoms with Crippen LogP contribution >= 0.6 is 0 Å². The van der Waals surface area contributed by atoms with E-state index < -0.39 is 0 Å². The largest absolute Gasteiger partial charge is 0.382 e. The Morgan fingerprint density at radius 1 is 1.05 bits per heavy atom. The van der Waals surface area contributed by atoms with E-state index in [4.69, 9.17) is 0 Å². The molecule has 1 aliphatic rings. The third-order valence-corrected chi connectivity index (χ3v) is 4.38. The molecule has 4 rings (SSSR count). The van der Waals surface area contributed by atoms with Gasteiger partial charge in [-0.3, -0.25) is 0 Å². The second-order valence-corrected chi connectivity index (χ2v) is 5.84. The Labute approximate surface area is 123 Å². The first kappa shape index (κ1) is 12.5. The zero-order valence-electron chi connectivity index (χ0n) is 11.6. The van der Waals surface area contributed by atoms with Crippen LogP contribution in [0.3, 0.4) is 0 Å². The predicted octanol–water partition coefficient (Wildman–Crippen LogP) is 4.67. The van der Waals surface area contributed by atoms with E-state index in [9.17, 15) is 4.39 Å². The average Bonchev–Trinajstić information content (AvgIpc) is 2.89. The number of aromatic amines is 1. The molecule has 0 bridgehead atoms. The molecule has 0 radical (unpaired) electrons. The molecule has 21 heavy (non-hydrogen) atoms. The van der Waals surface area contributed by atoms with Crippen LogP contribution in [-0.2, 0) is 0 Å². The monoisotopic (exact) mass is 280 g/mol. The van der Waals surface area contributed by atoms with E-state index in [1.54, 1.807) is 12.1 Å². The summed E-state index contributed by atoms with van der Waals surface area (Å²) in [4.78, 5) is 3.20. The van der Waals surface area contributed by atoms with E-state index in [2.05, 4.69) is 34.6 Å². The summed E-state index contributed by atoms with van der Waals surface area (Å²) in [6.07, 6.45) is 4.08. The molecule has 1 aliphatic carbocycles. The Kier molecular flexibility index (Phi) is 2.92. The van der Waals surface area contributed by atoms with Crippen LogP contribution in [0.15, 0.2) is 54.7 Å². The molecule has 3 aromatic rings. The van der Waals surface area contributed by atoms with E-state index in [-0.39, 0.29) is 5.82 Å². The number of anilines is 1. The van der Waals surface area contributed by atoms with E-state index in [1.165, 1.54) is 11.5 Å². The molecule has 1 heterocycles. The highest BCUT2D eigenvalue weighted by atomic mass is 19.1. The molecule has 0 saturated heterocycles. The van der Waals surface area contributed by atoms with Crippen molar-refractivity contribution in [2.45, 2.75) is 24.8 Å². The van der Waals surface area contributed by atoms with Gasteiger partial charge in [0, 0.05) is 28.8 Å². The van der Waals surface area contributed by atoms with E-state index in [1.807, 2.05) is 12.3 Å². The number of halogens is 1. The average molecular weight is 280 g/mol. The summed E-state index contributed by atoms with van der Waals surface area (Å²) in [5.74, 6) is 0.344. The second kappa shape index (κ2) is 4.92. The third kappa shape index (κ3) is 2.40. The Morgan fingerprint density at radius 3 is 2.81 bits per heavy atom. The van der Waals surface area contributed by atoms with Crippen molar-refractivity contribution in [3.63, 3.8) is 0 Å². The first-order valence-electron chi connectivity index (χ1n) is 7.37. The summed E-state index contributed by atoms with van der Waals surface area (Å²) in [6.45, 7) is 0. The molecule has 1 aromatic heterocycles. The molecule has 2 nitrogen and oxygen atoms in total. The summed E-state index contributed by atoms with van der Waals surface area (Å²) in [7, 11) is 0. The first-order valence-corrected chi connectivity index (χ1v) is 7.37. The van der Waals surface area contributed by atoms with E-state index >= 15 is 0 Å². The highest BCUT2D eigenvalue weighted by Crippen LogP contribution is 2.38. The van der Waals surface area contributed by atoms with Gasteiger partial charge in [0.05, 0.1) is 0 Å². The van der Waals surface area contributed by atoms with Crippen LogP contribution in [0.4, 0.5) is 10.1 Å². The quantitative estimate of drug-likeness (QED) is 0.717. The number of hydrogen-bond acceptors (Lipinski definition) is 1. The van der Waals surface area contributed by atoms with Gasteiger partial charge < -0.3 is 10.3 Å². The van der Waals surface area contributed by atoms with Crippen molar-refractivity contribution in [3.05, 3.63) is 66.1 Å². The molecule has 0 spiro atoms. The topological polar surface area (TPSA) is 27.8 Å². The minimum Gasteiger partial charge on any atom is -0.382 e. The fraction of sp³-hybridized carbons (Fsp3) is 0.222. The lowest BCUT2D eigenvalue weighted by Gasteiger charge is -2.37. The lowest BCUT2D eigenvalue weighted by molar-refractivity contribution is 0.373. The van der Waals surface area contributed by atoms with Crippen molar-refractivity contribution in [1.82, 2.24) is 4.98 Å². The van der Waals surface area contributed by atoms with Gasteiger partial charge in [0.2, 0.25) is 0 Å². The van der Waals surface area contributed by atoms with Gasteiger partial charge in [-0.15, -0.1) is 0 Å². The molecule has 0 amide bonds. The second-order valence-electron chi connectivity index (χ2n) is 5.84. The lowest BCUT2D eigenvalue weighted by Crippen LogP contribution is -2.34. The van der Waals surface area contributed by atoms with Crippen LogP contribution < -0.4 is 5.32 Å². The maximum absolute atomic E-state index is 13.2. The lowest BCUT2D eigenvalue weighted by atomic mass is 9.76. The van der Waals surface area contributed by atoms with Crippen LogP contribution in [0, 0.1) is 5.82 Å². The van der Waals surface area contributed by atoms with Crippen LogP contribution in [0.25, 0.3) is 10.9 Å². The maximum atomic E-state index is 13.2. The minimum absolute atomic E-state index is 0.137. The predicted molar refractivity (Wildman–Crippen MR) is 84.1 cm³/mol. The van der Waals surface area contributed by atoms with Gasteiger partial charge in [0.25, 0.3) is 0 Å². The van der Waals surface area contributed by atoms with Gasteiger partial charge in [-0.05, 0) is 60.7 Å². The molecular formula is C18H17FN2. The highest BCUT2D eigenvalue weighted by Gasteiger charge is 2.30. The van der Waals surface area contributed by atoms with Crippen molar-refractivity contribution < 1.29 is 4.39 Å². The molecule has 1 saturated carbocycles. The number of H-pyrrole nitrogens is 1. The standard InChI is InChI=1S/C18H17FN2/c19-15-3-1-2-12(8-15)14-10-17(11-14)21-16-4-5-18-13(9-16)6-7-20-18/h1-9,14,17,20-21H,10-11H2. The van der Waals surface area contributed by atoms with E-state index in [0.717, 1.165) is 29.6 Å². The highest BCUT2D eigenvalue weighted by molar-refractivity contribution is 5.83. The third-order valence-electron chi connectivity index (χ3n) is 4.38. The number of nitrogens with one attached hydrogen (secondary N) is 2. The van der Waals surface area contributed by atoms with Crippen molar-refractivity contribution in [3.8, 4) is 0 Å². The molecule has 0 unspecified atom stereocenters. The Morgan fingerprint density at radius 2 is 1.95 bits per heavy atom. The number of hydrogen-bond donors (Lipinski definition) is 2. The Balaban J connectivity index is 1.41. The summed E-state index contributed by atoms with van der Waals surface area (Å²) in [5.41, 5.74) is 3.44. The molecule has 3 heteroatoms. The SMILES string of the molecule is Fc1cccc(C2CC(Nc3ccc4[nH]ccc4c3)C2)c1. The van der Waals surface area contributed by atoms with Crippen LogP contribution in [-0.4, -0.2) is 11.0 Å².